The van der Waals surface area contributed by atoms with Crippen LogP contribution in [-0.2, 0) is 6.42 Å². The normalized spacial score (nSPS) is 11.4. The maximum Gasteiger partial charge on any atom is 0.208 e. The number of hydrogen-bond donors (Lipinski definition) is 3. The number of aliphatic hydroxyl groups is 2. The molecule has 0 unspecified atom stereocenters. The van der Waals surface area contributed by atoms with E-state index in [0.29, 0.717) is 34.7 Å². The largest absolute Gasteiger partial charge is 0.452 e. The molecule has 0 fully saturated rings. The van der Waals surface area contributed by atoms with Crippen molar-refractivity contribution in [2.75, 3.05) is 18.5 Å². The summed E-state index contributed by atoms with van der Waals surface area (Å²) in [5.74, 6) is 2.13. The fourth-order valence-electron chi connectivity index (χ4n) is 2.90. The van der Waals surface area contributed by atoms with Crippen molar-refractivity contribution in [1.82, 2.24) is 24.3 Å². The van der Waals surface area contributed by atoms with Crippen LogP contribution in [0.4, 0.5) is 10.9 Å². The second-order valence-corrected chi connectivity index (χ2v) is 9.77. The molecular formula is C23H24N6O3S2. The van der Waals surface area contributed by atoms with E-state index in [-0.39, 0.29) is 13.2 Å². The minimum atomic E-state index is -0.687. The fourth-order valence-corrected chi connectivity index (χ4v) is 4.26. The van der Waals surface area contributed by atoms with Gasteiger partial charge in [0.15, 0.2) is 11.6 Å². The molecule has 0 bridgehead atoms. The van der Waals surface area contributed by atoms with Gasteiger partial charge < -0.3 is 20.3 Å². The van der Waals surface area contributed by atoms with Gasteiger partial charge >= 0.3 is 0 Å². The van der Waals surface area contributed by atoms with E-state index in [1.807, 2.05) is 43.3 Å². The number of aliphatic hydroxyl groups excluding tert-OH is 2. The fraction of sp³-hybridized carbons (Fsp3) is 0.261. The van der Waals surface area contributed by atoms with Crippen LogP contribution in [-0.4, -0.2) is 47.7 Å². The molecule has 0 atom stereocenters. The first kappa shape index (κ1) is 24.0. The zero-order chi connectivity index (χ0) is 24.0. The van der Waals surface area contributed by atoms with Crippen molar-refractivity contribution in [2.24, 2.45) is 5.41 Å². The summed E-state index contributed by atoms with van der Waals surface area (Å²) in [5.41, 5.74) is 0.0641. The lowest BCUT2D eigenvalue weighted by atomic mass is 9.89. The first-order valence-electron chi connectivity index (χ1n) is 10.5. The predicted octanol–water partition coefficient (Wildman–Crippen LogP) is 4.25. The SMILES string of the molecule is Cc1ncccc1Oc1cc(Sc2ccccn2)cnc1Nc1nc(CC(C)(CO)CO)ns1. The van der Waals surface area contributed by atoms with Gasteiger partial charge in [0.25, 0.3) is 0 Å². The molecule has 34 heavy (non-hydrogen) atoms. The van der Waals surface area contributed by atoms with E-state index in [1.54, 1.807) is 25.5 Å². The van der Waals surface area contributed by atoms with Gasteiger partial charge in [-0.05, 0) is 31.2 Å². The summed E-state index contributed by atoms with van der Waals surface area (Å²) in [5, 5.41) is 23.7. The Morgan fingerprint density at radius 1 is 1.06 bits per heavy atom. The number of ether oxygens (including phenoxy) is 1. The van der Waals surface area contributed by atoms with Crippen LogP contribution < -0.4 is 10.1 Å². The van der Waals surface area contributed by atoms with Gasteiger partial charge in [0, 0.05) is 52.9 Å². The van der Waals surface area contributed by atoms with Gasteiger partial charge in [0.2, 0.25) is 5.13 Å². The summed E-state index contributed by atoms with van der Waals surface area (Å²) >= 11 is 2.65. The number of rotatable bonds is 10. The van der Waals surface area contributed by atoms with Crippen LogP contribution in [0.3, 0.4) is 0 Å². The zero-order valence-electron chi connectivity index (χ0n) is 18.7. The smallest absolute Gasteiger partial charge is 0.208 e. The van der Waals surface area contributed by atoms with Crippen LogP contribution in [0.2, 0.25) is 0 Å². The molecule has 0 aliphatic rings. The molecule has 0 radical (unpaired) electrons. The Kier molecular flexibility index (Phi) is 7.68. The topological polar surface area (TPSA) is 126 Å². The number of hydrogen-bond acceptors (Lipinski definition) is 11. The lowest BCUT2D eigenvalue weighted by Crippen LogP contribution is -2.29. The average molecular weight is 497 g/mol. The molecule has 4 aromatic heterocycles. The van der Waals surface area contributed by atoms with Crippen molar-refractivity contribution in [2.45, 2.75) is 30.2 Å². The second-order valence-electron chi connectivity index (χ2n) is 7.92. The highest BCUT2D eigenvalue weighted by Crippen LogP contribution is 2.36. The maximum atomic E-state index is 9.55. The minimum Gasteiger partial charge on any atom is -0.452 e. The monoisotopic (exact) mass is 496 g/mol. The second kappa shape index (κ2) is 10.9. The number of aromatic nitrogens is 5. The van der Waals surface area contributed by atoms with Crippen LogP contribution in [0.5, 0.6) is 11.5 Å². The molecule has 4 aromatic rings. The summed E-state index contributed by atoms with van der Waals surface area (Å²) in [6, 6.07) is 11.3. The van der Waals surface area contributed by atoms with Gasteiger partial charge in [-0.2, -0.15) is 4.37 Å². The Balaban J connectivity index is 1.60. The van der Waals surface area contributed by atoms with E-state index < -0.39 is 5.41 Å². The molecule has 3 N–H and O–H groups in total. The molecule has 4 heterocycles. The van der Waals surface area contributed by atoms with Crippen molar-refractivity contribution >= 4 is 34.2 Å². The number of anilines is 2. The highest BCUT2D eigenvalue weighted by molar-refractivity contribution is 7.99. The Labute approximate surface area is 205 Å². The van der Waals surface area contributed by atoms with E-state index in [4.69, 9.17) is 4.74 Å². The lowest BCUT2D eigenvalue weighted by molar-refractivity contribution is 0.0689. The van der Waals surface area contributed by atoms with Crippen LogP contribution in [0.1, 0.15) is 18.4 Å². The number of pyridine rings is 3. The Morgan fingerprint density at radius 3 is 2.62 bits per heavy atom. The molecule has 11 heteroatoms. The summed E-state index contributed by atoms with van der Waals surface area (Å²) < 4.78 is 10.5. The minimum absolute atomic E-state index is 0.162. The first-order valence-corrected chi connectivity index (χ1v) is 12.1. The Morgan fingerprint density at radius 2 is 1.88 bits per heavy atom. The highest BCUT2D eigenvalue weighted by atomic mass is 32.2. The number of nitrogens with zero attached hydrogens (tertiary/aromatic N) is 5. The van der Waals surface area contributed by atoms with E-state index in [1.165, 1.54) is 23.3 Å². The molecule has 0 saturated heterocycles. The standard InChI is InChI=1S/C23H24N6O3S2/c1-15-17(6-5-9-24-15)32-18-10-16(33-20-7-3-4-8-25-20)12-26-21(18)28-22-27-19(29-34-22)11-23(2,13-30)14-31/h3-10,12,30-31H,11,13-14H2,1-2H3,(H,26,27,28,29). The van der Waals surface area contributed by atoms with E-state index >= 15 is 0 Å². The van der Waals surface area contributed by atoms with Crippen LogP contribution in [0, 0.1) is 12.3 Å². The Bertz CT molecular complexity index is 1230. The molecule has 4 rings (SSSR count). The van der Waals surface area contributed by atoms with Crippen molar-refractivity contribution in [3.63, 3.8) is 0 Å². The lowest BCUT2D eigenvalue weighted by Gasteiger charge is -2.22. The maximum absolute atomic E-state index is 9.55. The van der Waals surface area contributed by atoms with E-state index in [0.717, 1.165) is 15.6 Å². The third-order valence-corrected chi connectivity index (χ3v) is 6.49. The highest BCUT2D eigenvalue weighted by Gasteiger charge is 2.25. The predicted molar refractivity (Wildman–Crippen MR) is 131 cm³/mol. The Hall–Kier alpha value is -3.12. The van der Waals surface area contributed by atoms with Gasteiger partial charge in [-0.15, -0.1) is 0 Å². The van der Waals surface area contributed by atoms with Gasteiger partial charge in [-0.25, -0.2) is 15.0 Å². The molecule has 176 valence electrons. The van der Waals surface area contributed by atoms with Gasteiger partial charge in [0.05, 0.1) is 18.9 Å². The van der Waals surface area contributed by atoms with E-state index in [2.05, 4.69) is 29.6 Å². The van der Waals surface area contributed by atoms with Crippen molar-refractivity contribution in [1.29, 1.82) is 0 Å². The van der Waals surface area contributed by atoms with E-state index in [9.17, 15) is 10.2 Å². The summed E-state index contributed by atoms with van der Waals surface area (Å²) in [4.78, 5) is 18.6. The zero-order valence-corrected chi connectivity index (χ0v) is 20.3. The van der Waals surface area contributed by atoms with Gasteiger partial charge in [-0.1, -0.05) is 24.8 Å². The molecule has 9 nitrogen and oxygen atoms in total. The van der Waals surface area contributed by atoms with Crippen LogP contribution >= 0.6 is 23.3 Å². The third kappa shape index (κ3) is 6.06. The molecule has 0 aromatic carbocycles. The summed E-state index contributed by atoms with van der Waals surface area (Å²) in [6.07, 6.45) is 5.54. The third-order valence-electron chi connectivity index (χ3n) is 4.91. The summed E-state index contributed by atoms with van der Waals surface area (Å²) in [7, 11) is 0. The quantitative estimate of drug-likeness (QED) is 0.293. The van der Waals surface area contributed by atoms with Gasteiger partial charge in [0.1, 0.15) is 16.6 Å². The van der Waals surface area contributed by atoms with Crippen molar-refractivity contribution < 1.29 is 14.9 Å². The molecule has 0 saturated carbocycles. The van der Waals surface area contributed by atoms with Crippen molar-refractivity contribution in [3.8, 4) is 11.5 Å². The molecular weight excluding hydrogens is 472 g/mol. The molecule has 0 aliphatic heterocycles. The first-order chi connectivity index (χ1) is 16.5. The van der Waals surface area contributed by atoms with Crippen LogP contribution in [0.25, 0.3) is 0 Å². The van der Waals surface area contributed by atoms with Crippen molar-refractivity contribution in [3.05, 3.63) is 66.5 Å². The summed E-state index contributed by atoms with van der Waals surface area (Å²) in [6.45, 7) is 3.33. The molecule has 0 aliphatic carbocycles. The number of aryl methyl sites for hydroxylation is 1. The van der Waals surface area contributed by atoms with Crippen LogP contribution in [0.15, 0.2) is 64.9 Å². The molecule has 0 amide bonds. The average Bonchev–Trinajstić information content (AvgIpc) is 3.29. The number of nitrogens with one attached hydrogen (secondary N) is 1. The van der Waals surface area contributed by atoms with Gasteiger partial charge in [-0.3, -0.25) is 4.98 Å². The molecule has 0 spiro atoms.